The van der Waals surface area contributed by atoms with Gasteiger partial charge in [-0.3, -0.25) is 4.79 Å². The zero-order valence-electron chi connectivity index (χ0n) is 10.3. The molecule has 1 saturated carbocycles. The van der Waals surface area contributed by atoms with E-state index in [1.807, 2.05) is 0 Å². The fraction of sp³-hybridized carbons (Fsp3) is 0.667. The lowest BCUT2D eigenvalue weighted by molar-refractivity contribution is 0.0523. The summed E-state index contributed by atoms with van der Waals surface area (Å²) in [5.41, 5.74) is 1.17. The van der Waals surface area contributed by atoms with Crippen molar-refractivity contribution in [3.63, 3.8) is 0 Å². The van der Waals surface area contributed by atoms with Gasteiger partial charge in [0.1, 0.15) is 11.3 Å². The van der Waals surface area contributed by atoms with Crippen molar-refractivity contribution < 1.29 is 14.4 Å². The van der Waals surface area contributed by atoms with E-state index in [1.165, 1.54) is 0 Å². The van der Waals surface area contributed by atoms with Crippen LogP contribution in [-0.4, -0.2) is 40.3 Å². The first-order valence-electron chi connectivity index (χ1n) is 6.00. The van der Waals surface area contributed by atoms with Gasteiger partial charge in [0.25, 0.3) is 5.91 Å². The number of carbonyl (C=O) groups is 1. The Balaban J connectivity index is 2.21. The van der Waals surface area contributed by atoms with E-state index >= 15 is 0 Å². The molecule has 1 aliphatic rings. The van der Waals surface area contributed by atoms with Crippen molar-refractivity contribution >= 4 is 5.91 Å². The monoisotopic (exact) mass is 238 g/mol. The Morgan fingerprint density at radius 2 is 2.24 bits per heavy atom. The molecule has 0 unspecified atom stereocenters. The molecule has 1 N–H and O–H groups in total. The summed E-state index contributed by atoms with van der Waals surface area (Å²) >= 11 is 0. The summed E-state index contributed by atoms with van der Waals surface area (Å²) in [6.07, 6.45) is 3.20. The van der Waals surface area contributed by atoms with E-state index in [9.17, 15) is 4.79 Å². The summed E-state index contributed by atoms with van der Waals surface area (Å²) in [5.74, 6) is 0.481. The number of aliphatic hydroxyl groups excluding tert-OH is 1. The second kappa shape index (κ2) is 4.87. The normalized spacial score (nSPS) is 15.7. The summed E-state index contributed by atoms with van der Waals surface area (Å²) in [6.45, 7) is 3.88. The van der Waals surface area contributed by atoms with Gasteiger partial charge in [-0.05, 0) is 33.1 Å². The van der Waals surface area contributed by atoms with Crippen LogP contribution >= 0.6 is 0 Å². The third-order valence-corrected chi connectivity index (χ3v) is 3.36. The summed E-state index contributed by atoms with van der Waals surface area (Å²) in [5, 5.41) is 12.9. The van der Waals surface area contributed by atoms with Crippen molar-refractivity contribution in [1.29, 1.82) is 0 Å². The SMILES string of the molecule is Cc1noc(C)c1C(=O)N(CCO)C1CCC1. The molecule has 0 atom stereocenters. The highest BCUT2D eigenvalue weighted by Crippen LogP contribution is 2.27. The number of aliphatic hydroxyl groups is 1. The smallest absolute Gasteiger partial charge is 0.259 e. The Kier molecular flexibility index (Phi) is 3.47. The topological polar surface area (TPSA) is 66.6 Å². The Bertz CT molecular complexity index is 390. The van der Waals surface area contributed by atoms with E-state index in [1.54, 1.807) is 18.7 Å². The summed E-state index contributed by atoms with van der Waals surface area (Å²) in [7, 11) is 0. The Labute approximate surface area is 100 Å². The molecule has 1 aromatic rings. The number of hydrogen-bond donors (Lipinski definition) is 1. The van der Waals surface area contributed by atoms with E-state index < -0.39 is 0 Å². The molecular formula is C12H18N2O3. The highest BCUT2D eigenvalue weighted by atomic mass is 16.5. The minimum absolute atomic E-state index is 0.00832. The van der Waals surface area contributed by atoms with Gasteiger partial charge in [-0.15, -0.1) is 0 Å². The molecule has 1 amide bonds. The molecule has 0 spiro atoms. The average molecular weight is 238 g/mol. The quantitative estimate of drug-likeness (QED) is 0.858. The van der Waals surface area contributed by atoms with E-state index in [2.05, 4.69) is 5.16 Å². The van der Waals surface area contributed by atoms with Gasteiger partial charge in [-0.25, -0.2) is 0 Å². The van der Waals surface area contributed by atoms with Gasteiger partial charge < -0.3 is 14.5 Å². The maximum absolute atomic E-state index is 12.4. The number of nitrogens with zero attached hydrogens (tertiary/aromatic N) is 2. The summed E-state index contributed by atoms with van der Waals surface area (Å²) < 4.78 is 5.02. The van der Waals surface area contributed by atoms with E-state index in [4.69, 9.17) is 9.63 Å². The van der Waals surface area contributed by atoms with Crippen LogP contribution in [0.15, 0.2) is 4.52 Å². The average Bonchev–Trinajstić information content (AvgIpc) is 2.54. The van der Waals surface area contributed by atoms with Crippen LogP contribution in [0.2, 0.25) is 0 Å². The first-order valence-corrected chi connectivity index (χ1v) is 6.00. The molecule has 1 aromatic heterocycles. The molecule has 0 aliphatic heterocycles. The first-order chi connectivity index (χ1) is 8.15. The lowest BCUT2D eigenvalue weighted by atomic mass is 9.91. The number of rotatable bonds is 4. The van der Waals surface area contributed by atoms with Crippen molar-refractivity contribution in [2.75, 3.05) is 13.2 Å². The highest BCUT2D eigenvalue weighted by molar-refractivity contribution is 5.96. The van der Waals surface area contributed by atoms with Gasteiger partial charge in [-0.1, -0.05) is 5.16 Å². The van der Waals surface area contributed by atoms with Gasteiger partial charge in [0, 0.05) is 12.6 Å². The Hall–Kier alpha value is -1.36. The van der Waals surface area contributed by atoms with Crippen molar-refractivity contribution in [2.45, 2.75) is 39.2 Å². The molecule has 1 heterocycles. The maximum atomic E-state index is 12.4. The standard InChI is InChI=1S/C12H18N2O3/c1-8-11(9(2)17-13-8)12(16)14(6-7-15)10-4-3-5-10/h10,15H,3-7H2,1-2H3. The van der Waals surface area contributed by atoms with Crippen LogP contribution in [0.1, 0.15) is 41.1 Å². The molecule has 5 heteroatoms. The van der Waals surface area contributed by atoms with Crippen LogP contribution in [0.5, 0.6) is 0 Å². The third kappa shape index (κ3) is 2.20. The first kappa shape index (κ1) is 12.1. The molecule has 94 valence electrons. The van der Waals surface area contributed by atoms with E-state index in [-0.39, 0.29) is 18.6 Å². The molecule has 0 saturated heterocycles. The van der Waals surface area contributed by atoms with Gasteiger partial charge in [0.2, 0.25) is 0 Å². The van der Waals surface area contributed by atoms with Crippen molar-refractivity contribution in [3.8, 4) is 0 Å². The van der Waals surface area contributed by atoms with Crippen LogP contribution in [0.25, 0.3) is 0 Å². The predicted octanol–water partition coefficient (Wildman–Crippen LogP) is 1.28. The van der Waals surface area contributed by atoms with Crippen LogP contribution in [0, 0.1) is 13.8 Å². The molecule has 0 radical (unpaired) electrons. The molecule has 1 fully saturated rings. The molecule has 17 heavy (non-hydrogen) atoms. The van der Waals surface area contributed by atoms with Crippen LogP contribution in [-0.2, 0) is 0 Å². The zero-order valence-corrected chi connectivity index (χ0v) is 10.3. The van der Waals surface area contributed by atoms with Crippen molar-refractivity contribution in [3.05, 3.63) is 17.0 Å². The fourth-order valence-electron chi connectivity index (χ4n) is 2.19. The Morgan fingerprint density at radius 3 is 2.65 bits per heavy atom. The van der Waals surface area contributed by atoms with Crippen LogP contribution in [0.3, 0.4) is 0 Å². The number of hydrogen-bond acceptors (Lipinski definition) is 4. The lowest BCUT2D eigenvalue weighted by Crippen LogP contribution is -2.45. The fourth-order valence-corrected chi connectivity index (χ4v) is 2.19. The lowest BCUT2D eigenvalue weighted by Gasteiger charge is -2.37. The van der Waals surface area contributed by atoms with Gasteiger partial charge >= 0.3 is 0 Å². The second-order valence-electron chi connectivity index (χ2n) is 4.51. The second-order valence-corrected chi connectivity index (χ2v) is 4.51. The molecule has 0 aromatic carbocycles. The largest absolute Gasteiger partial charge is 0.395 e. The van der Waals surface area contributed by atoms with Gasteiger partial charge in [-0.2, -0.15) is 0 Å². The Morgan fingerprint density at radius 1 is 1.53 bits per heavy atom. The molecular weight excluding hydrogens is 220 g/mol. The zero-order chi connectivity index (χ0) is 12.4. The van der Waals surface area contributed by atoms with Gasteiger partial charge in [0.05, 0.1) is 12.3 Å². The predicted molar refractivity (Wildman–Crippen MR) is 61.7 cm³/mol. The van der Waals surface area contributed by atoms with Gasteiger partial charge in [0.15, 0.2) is 0 Å². The number of aryl methyl sites for hydroxylation is 2. The number of amides is 1. The minimum atomic E-state index is -0.0694. The van der Waals surface area contributed by atoms with Crippen molar-refractivity contribution in [2.24, 2.45) is 0 Å². The molecule has 2 rings (SSSR count). The molecule has 5 nitrogen and oxygen atoms in total. The molecule has 0 bridgehead atoms. The van der Waals surface area contributed by atoms with Crippen molar-refractivity contribution in [1.82, 2.24) is 10.1 Å². The summed E-state index contributed by atoms with van der Waals surface area (Å²) in [4.78, 5) is 14.1. The summed E-state index contributed by atoms with van der Waals surface area (Å²) in [6, 6.07) is 0.267. The van der Waals surface area contributed by atoms with E-state index in [0.29, 0.717) is 23.6 Å². The van der Waals surface area contributed by atoms with Crippen LogP contribution < -0.4 is 0 Å². The number of carbonyl (C=O) groups excluding carboxylic acids is 1. The van der Waals surface area contributed by atoms with E-state index in [0.717, 1.165) is 19.3 Å². The van der Waals surface area contributed by atoms with Crippen LogP contribution in [0.4, 0.5) is 0 Å². The molecule has 1 aliphatic carbocycles. The third-order valence-electron chi connectivity index (χ3n) is 3.36. The minimum Gasteiger partial charge on any atom is -0.395 e. The maximum Gasteiger partial charge on any atom is 0.259 e. The highest BCUT2D eigenvalue weighted by Gasteiger charge is 2.31. The number of aromatic nitrogens is 1.